The van der Waals surface area contributed by atoms with Crippen molar-refractivity contribution in [3.05, 3.63) is 77.5 Å². The van der Waals surface area contributed by atoms with Crippen molar-refractivity contribution in [2.75, 3.05) is 21.6 Å². The fourth-order valence-corrected chi connectivity index (χ4v) is 3.13. The van der Waals surface area contributed by atoms with E-state index in [1.54, 1.807) is 25.1 Å². The molecule has 0 aliphatic carbocycles. The van der Waals surface area contributed by atoms with Crippen LogP contribution in [0.5, 0.6) is 0 Å². The molecule has 8 nitrogen and oxygen atoms in total. The van der Waals surface area contributed by atoms with Crippen molar-refractivity contribution in [3.63, 3.8) is 0 Å². The van der Waals surface area contributed by atoms with Gasteiger partial charge in [0.05, 0.1) is 18.2 Å². The third-order valence-corrected chi connectivity index (χ3v) is 4.60. The van der Waals surface area contributed by atoms with Gasteiger partial charge in [0, 0.05) is 16.9 Å². The lowest BCUT2D eigenvalue weighted by Crippen LogP contribution is -2.16. The van der Waals surface area contributed by atoms with Gasteiger partial charge < -0.3 is 15.1 Å². The number of benzene rings is 2. The number of amides is 2. The van der Waals surface area contributed by atoms with Crippen LogP contribution in [-0.2, 0) is 10.0 Å². The Morgan fingerprint density at radius 2 is 1.73 bits per heavy atom. The first kappa shape index (κ1) is 21.1. The zero-order chi connectivity index (χ0) is 21.9. The Labute approximate surface area is 172 Å². The van der Waals surface area contributed by atoms with Gasteiger partial charge in [-0.2, -0.15) is 0 Å². The molecular formula is C20H18FN3O5S. The number of carbonyl (C=O) groups excluding carboxylic acids is 2. The SMILES string of the molecule is Cc1ccc(C(=O)Nc2ccc(F)c(NS(C)(=O)=O)c2)cc1NC(=O)c1ccco1. The fraction of sp³-hybridized carbons (Fsp3) is 0.100. The lowest BCUT2D eigenvalue weighted by molar-refractivity contribution is 0.0993. The number of hydrogen-bond acceptors (Lipinski definition) is 5. The van der Waals surface area contributed by atoms with E-state index < -0.39 is 27.7 Å². The molecule has 0 unspecified atom stereocenters. The first-order chi connectivity index (χ1) is 14.1. The van der Waals surface area contributed by atoms with Gasteiger partial charge in [-0.3, -0.25) is 14.3 Å². The van der Waals surface area contributed by atoms with Gasteiger partial charge >= 0.3 is 0 Å². The minimum atomic E-state index is -3.69. The van der Waals surface area contributed by atoms with Crippen molar-refractivity contribution in [1.82, 2.24) is 0 Å². The summed E-state index contributed by atoms with van der Waals surface area (Å²) in [6, 6.07) is 11.3. The summed E-state index contributed by atoms with van der Waals surface area (Å²) in [5, 5.41) is 5.24. The topological polar surface area (TPSA) is 118 Å². The van der Waals surface area contributed by atoms with E-state index in [1.165, 1.54) is 30.5 Å². The van der Waals surface area contributed by atoms with Crippen LogP contribution in [0.1, 0.15) is 26.5 Å². The molecule has 0 atom stereocenters. The number of carbonyl (C=O) groups is 2. The van der Waals surface area contributed by atoms with Gasteiger partial charge in [0.15, 0.2) is 5.76 Å². The molecule has 0 saturated carbocycles. The van der Waals surface area contributed by atoms with Crippen LogP contribution in [0.15, 0.2) is 59.2 Å². The predicted octanol–water partition coefficient (Wildman–Crippen LogP) is 3.60. The molecule has 30 heavy (non-hydrogen) atoms. The number of halogens is 1. The molecule has 10 heteroatoms. The molecule has 3 aromatic rings. The second-order valence-electron chi connectivity index (χ2n) is 6.48. The van der Waals surface area contributed by atoms with Crippen molar-refractivity contribution >= 4 is 38.9 Å². The maximum Gasteiger partial charge on any atom is 0.291 e. The normalized spacial score (nSPS) is 11.0. The second-order valence-corrected chi connectivity index (χ2v) is 8.23. The lowest BCUT2D eigenvalue weighted by atomic mass is 10.1. The summed E-state index contributed by atoms with van der Waals surface area (Å²) >= 11 is 0. The maximum atomic E-state index is 13.8. The number of aryl methyl sites for hydroxylation is 1. The molecule has 0 radical (unpaired) electrons. The lowest BCUT2D eigenvalue weighted by Gasteiger charge is -2.12. The minimum absolute atomic E-state index is 0.126. The number of sulfonamides is 1. The molecule has 0 bridgehead atoms. The van der Waals surface area contributed by atoms with Gasteiger partial charge in [-0.15, -0.1) is 0 Å². The molecule has 0 spiro atoms. The Balaban J connectivity index is 1.79. The van der Waals surface area contributed by atoms with Crippen LogP contribution in [0.3, 0.4) is 0 Å². The summed E-state index contributed by atoms with van der Waals surface area (Å²) in [5.74, 6) is -1.64. The largest absolute Gasteiger partial charge is 0.459 e. The number of rotatable bonds is 6. The van der Waals surface area contributed by atoms with Crippen molar-refractivity contribution in [1.29, 1.82) is 0 Å². The molecule has 1 aromatic heterocycles. The molecule has 2 aromatic carbocycles. The van der Waals surface area contributed by atoms with Crippen LogP contribution >= 0.6 is 0 Å². The third kappa shape index (κ3) is 5.23. The zero-order valence-corrected chi connectivity index (χ0v) is 16.8. The van der Waals surface area contributed by atoms with E-state index in [4.69, 9.17) is 4.42 Å². The average Bonchev–Trinajstić information content (AvgIpc) is 3.20. The van der Waals surface area contributed by atoms with E-state index >= 15 is 0 Å². The molecule has 0 saturated heterocycles. The van der Waals surface area contributed by atoms with Crippen LogP contribution in [0.25, 0.3) is 0 Å². The van der Waals surface area contributed by atoms with Gasteiger partial charge in [0.25, 0.3) is 11.8 Å². The van der Waals surface area contributed by atoms with E-state index in [9.17, 15) is 22.4 Å². The molecule has 1 heterocycles. The predicted molar refractivity (Wildman–Crippen MR) is 111 cm³/mol. The molecule has 0 aliphatic heterocycles. The first-order valence-electron chi connectivity index (χ1n) is 8.66. The summed E-state index contributed by atoms with van der Waals surface area (Å²) in [7, 11) is -3.69. The highest BCUT2D eigenvalue weighted by molar-refractivity contribution is 7.92. The Morgan fingerprint density at radius 3 is 2.40 bits per heavy atom. The first-order valence-corrected chi connectivity index (χ1v) is 10.6. The van der Waals surface area contributed by atoms with Gasteiger partial charge in [-0.25, -0.2) is 12.8 Å². The zero-order valence-electron chi connectivity index (χ0n) is 16.0. The highest BCUT2D eigenvalue weighted by atomic mass is 32.2. The molecule has 156 valence electrons. The second kappa shape index (κ2) is 8.37. The molecule has 0 fully saturated rings. The van der Waals surface area contributed by atoms with Crippen LogP contribution < -0.4 is 15.4 Å². The molecule has 2 amide bonds. The maximum absolute atomic E-state index is 13.8. The van der Waals surface area contributed by atoms with E-state index in [0.717, 1.165) is 17.9 Å². The van der Waals surface area contributed by atoms with E-state index in [-0.39, 0.29) is 22.7 Å². The Hall–Kier alpha value is -3.66. The number of anilines is 3. The molecular weight excluding hydrogens is 413 g/mol. The van der Waals surface area contributed by atoms with Crippen LogP contribution in [-0.4, -0.2) is 26.5 Å². The highest BCUT2D eigenvalue weighted by Gasteiger charge is 2.14. The Bertz CT molecular complexity index is 1210. The summed E-state index contributed by atoms with van der Waals surface area (Å²) in [5.41, 5.74) is 1.28. The van der Waals surface area contributed by atoms with Crippen LogP contribution in [0.2, 0.25) is 0 Å². The van der Waals surface area contributed by atoms with E-state index in [2.05, 4.69) is 10.6 Å². The van der Waals surface area contributed by atoms with Crippen molar-refractivity contribution in [3.8, 4) is 0 Å². The molecule has 0 aliphatic rings. The van der Waals surface area contributed by atoms with Crippen molar-refractivity contribution in [2.45, 2.75) is 6.92 Å². The van der Waals surface area contributed by atoms with Gasteiger partial charge in [0.1, 0.15) is 5.82 Å². The van der Waals surface area contributed by atoms with Gasteiger partial charge in [-0.1, -0.05) is 6.07 Å². The van der Waals surface area contributed by atoms with Crippen molar-refractivity contribution in [2.24, 2.45) is 0 Å². The van der Waals surface area contributed by atoms with Crippen LogP contribution in [0, 0.1) is 12.7 Å². The fourth-order valence-electron chi connectivity index (χ4n) is 2.57. The van der Waals surface area contributed by atoms with Crippen LogP contribution in [0.4, 0.5) is 21.5 Å². The third-order valence-electron chi connectivity index (χ3n) is 4.01. The smallest absolute Gasteiger partial charge is 0.291 e. The monoisotopic (exact) mass is 431 g/mol. The van der Waals surface area contributed by atoms with Gasteiger partial charge in [-0.05, 0) is 55.0 Å². The number of furan rings is 1. The Morgan fingerprint density at radius 1 is 0.967 bits per heavy atom. The highest BCUT2D eigenvalue weighted by Crippen LogP contribution is 2.23. The standard InChI is InChI=1S/C20H18FN3O5S/c1-12-5-6-13(10-16(12)23-20(26)18-4-3-9-29-18)19(25)22-14-7-8-15(21)17(11-14)24-30(2,27)28/h3-11,24H,1-2H3,(H,22,25)(H,23,26). The summed E-state index contributed by atoms with van der Waals surface area (Å²) in [6.45, 7) is 1.77. The minimum Gasteiger partial charge on any atom is -0.459 e. The van der Waals surface area contributed by atoms with E-state index in [1.807, 2.05) is 4.72 Å². The molecule has 3 N–H and O–H groups in total. The number of nitrogens with one attached hydrogen (secondary N) is 3. The summed E-state index contributed by atoms with van der Waals surface area (Å²) < 4.78 is 43.6. The van der Waals surface area contributed by atoms with Gasteiger partial charge in [0.2, 0.25) is 10.0 Å². The number of hydrogen-bond donors (Lipinski definition) is 3. The van der Waals surface area contributed by atoms with Crippen molar-refractivity contribution < 1.29 is 26.8 Å². The summed E-state index contributed by atoms with van der Waals surface area (Å²) in [4.78, 5) is 24.8. The van der Waals surface area contributed by atoms with E-state index in [0.29, 0.717) is 5.69 Å². The quantitative estimate of drug-likeness (QED) is 0.551. The average molecular weight is 431 g/mol. The Kier molecular flexibility index (Phi) is 5.88. The summed E-state index contributed by atoms with van der Waals surface area (Å²) in [6.07, 6.45) is 2.27. The molecule has 3 rings (SSSR count).